The van der Waals surface area contributed by atoms with Gasteiger partial charge in [0.15, 0.2) is 0 Å². The summed E-state index contributed by atoms with van der Waals surface area (Å²) in [6.07, 6.45) is 0.701. The lowest BCUT2D eigenvalue weighted by Gasteiger charge is -2.25. The molecule has 2 atom stereocenters. The number of nitrogens with zero attached hydrogens (tertiary/aromatic N) is 1. The van der Waals surface area contributed by atoms with E-state index in [9.17, 15) is 9.59 Å². The van der Waals surface area contributed by atoms with Crippen molar-refractivity contribution in [3.63, 3.8) is 0 Å². The number of imide groups is 1. The molecular formula is C13H12INO3. The quantitative estimate of drug-likeness (QED) is 0.461. The van der Waals surface area contributed by atoms with Crippen LogP contribution < -0.4 is 0 Å². The minimum absolute atomic E-state index is 0.0344. The summed E-state index contributed by atoms with van der Waals surface area (Å²) in [6, 6.07) is 6.88. The molecule has 1 fully saturated rings. The van der Waals surface area contributed by atoms with Gasteiger partial charge in [-0.25, -0.2) is 0 Å². The molecule has 2 amide bonds. The summed E-state index contributed by atoms with van der Waals surface area (Å²) >= 11 is 2.23. The van der Waals surface area contributed by atoms with Crippen molar-refractivity contribution in [3.05, 3.63) is 35.4 Å². The first-order valence-corrected chi connectivity index (χ1v) is 7.41. The topological polar surface area (TPSA) is 46.6 Å². The maximum atomic E-state index is 12.3. The zero-order valence-corrected chi connectivity index (χ0v) is 11.8. The van der Waals surface area contributed by atoms with Crippen LogP contribution in [0, 0.1) is 0 Å². The molecule has 0 radical (unpaired) electrons. The fourth-order valence-corrected chi connectivity index (χ4v) is 3.43. The number of fused-ring (bicyclic) bond motifs is 1. The molecule has 3 rings (SSSR count). The van der Waals surface area contributed by atoms with Gasteiger partial charge in [-0.1, -0.05) is 34.7 Å². The Morgan fingerprint density at radius 3 is 2.39 bits per heavy atom. The van der Waals surface area contributed by atoms with Crippen molar-refractivity contribution >= 4 is 34.4 Å². The summed E-state index contributed by atoms with van der Waals surface area (Å²) in [7, 11) is 0. The van der Waals surface area contributed by atoms with Gasteiger partial charge in [-0.3, -0.25) is 14.5 Å². The third kappa shape index (κ3) is 1.68. The SMILES string of the molecule is O=C1c2ccccc2C(=O)N1[C@@H]1CCO[C@@H]1CI. The molecule has 0 N–H and O–H groups in total. The number of halogens is 1. The van der Waals surface area contributed by atoms with E-state index in [0.717, 1.165) is 10.8 Å². The summed E-state index contributed by atoms with van der Waals surface area (Å²) in [6.45, 7) is 0.617. The smallest absolute Gasteiger partial charge is 0.261 e. The highest BCUT2D eigenvalue weighted by Gasteiger charge is 2.44. The Labute approximate surface area is 118 Å². The number of carbonyl (C=O) groups excluding carboxylic acids is 2. The second-order valence-electron chi connectivity index (χ2n) is 4.45. The van der Waals surface area contributed by atoms with Gasteiger partial charge < -0.3 is 4.74 Å². The highest BCUT2D eigenvalue weighted by Crippen LogP contribution is 2.30. The average Bonchev–Trinajstić information content (AvgIpc) is 2.95. The minimum atomic E-state index is -0.180. The molecule has 4 nitrogen and oxygen atoms in total. The van der Waals surface area contributed by atoms with Crippen LogP contribution in [-0.2, 0) is 4.74 Å². The summed E-state index contributed by atoms with van der Waals surface area (Å²) in [4.78, 5) is 26.0. The molecule has 0 unspecified atom stereocenters. The third-order valence-electron chi connectivity index (χ3n) is 3.48. The molecule has 2 heterocycles. The molecule has 1 aromatic carbocycles. The minimum Gasteiger partial charge on any atom is -0.375 e. The standard InChI is InChI=1S/C13H12INO3/c14-7-11-10(5-6-18-11)15-12(16)8-3-1-2-4-9(8)13(15)17/h1-4,10-11H,5-7H2/t10-,11-/m1/s1. The summed E-state index contributed by atoms with van der Waals surface area (Å²) in [5, 5.41) is 0. The Kier molecular flexibility index (Phi) is 3.11. The number of ether oxygens (including phenoxy) is 1. The van der Waals surface area contributed by atoms with Gasteiger partial charge in [-0.15, -0.1) is 0 Å². The first kappa shape index (κ1) is 12.1. The maximum absolute atomic E-state index is 12.3. The first-order chi connectivity index (χ1) is 8.74. The molecule has 0 aromatic heterocycles. The summed E-state index contributed by atoms with van der Waals surface area (Å²) in [5.74, 6) is -0.359. The van der Waals surface area contributed by atoms with Gasteiger partial charge in [0.2, 0.25) is 0 Å². The molecule has 0 aliphatic carbocycles. The third-order valence-corrected chi connectivity index (χ3v) is 4.35. The van der Waals surface area contributed by atoms with E-state index in [1.54, 1.807) is 24.3 Å². The molecule has 5 heteroatoms. The Bertz CT molecular complexity index is 482. The number of hydrogen-bond donors (Lipinski definition) is 0. The number of benzene rings is 1. The largest absolute Gasteiger partial charge is 0.375 e. The van der Waals surface area contributed by atoms with Crippen molar-refractivity contribution in [1.29, 1.82) is 0 Å². The molecule has 0 saturated carbocycles. The van der Waals surface area contributed by atoms with Crippen LogP contribution in [0.4, 0.5) is 0 Å². The van der Waals surface area contributed by atoms with Crippen LogP contribution in [0.2, 0.25) is 0 Å². The Morgan fingerprint density at radius 2 is 1.83 bits per heavy atom. The highest BCUT2D eigenvalue weighted by atomic mass is 127. The molecule has 1 saturated heterocycles. The molecular weight excluding hydrogens is 345 g/mol. The van der Waals surface area contributed by atoms with E-state index in [0.29, 0.717) is 17.7 Å². The molecule has 2 aliphatic rings. The van der Waals surface area contributed by atoms with E-state index in [1.807, 2.05) is 0 Å². The fourth-order valence-electron chi connectivity index (χ4n) is 2.59. The van der Waals surface area contributed by atoms with Crippen molar-refractivity contribution < 1.29 is 14.3 Å². The molecule has 0 spiro atoms. The molecule has 1 aromatic rings. The first-order valence-electron chi connectivity index (χ1n) is 5.88. The van der Waals surface area contributed by atoms with Crippen LogP contribution in [0.1, 0.15) is 27.1 Å². The highest BCUT2D eigenvalue weighted by molar-refractivity contribution is 14.1. The van der Waals surface area contributed by atoms with Gasteiger partial charge in [0.25, 0.3) is 11.8 Å². The van der Waals surface area contributed by atoms with Crippen molar-refractivity contribution in [2.75, 3.05) is 11.0 Å². The normalized spacial score (nSPS) is 26.8. The van der Waals surface area contributed by atoms with Crippen molar-refractivity contribution in [1.82, 2.24) is 4.90 Å². The number of hydrogen-bond acceptors (Lipinski definition) is 3. The molecule has 0 bridgehead atoms. The van der Waals surface area contributed by atoms with E-state index in [-0.39, 0.29) is 24.0 Å². The zero-order valence-electron chi connectivity index (χ0n) is 9.64. The second-order valence-corrected chi connectivity index (χ2v) is 5.33. The van der Waals surface area contributed by atoms with E-state index >= 15 is 0 Å². The number of rotatable bonds is 2. The summed E-state index contributed by atoms with van der Waals surface area (Å²) < 4.78 is 6.36. The molecule has 94 valence electrons. The summed E-state index contributed by atoms with van der Waals surface area (Å²) in [5.41, 5.74) is 1.03. The lowest BCUT2D eigenvalue weighted by molar-refractivity contribution is 0.0469. The predicted molar refractivity (Wildman–Crippen MR) is 74.0 cm³/mol. The van der Waals surface area contributed by atoms with Gasteiger partial charge in [-0.05, 0) is 18.6 Å². The lowest BCUT2D eigenvalue weighted by Crippen LogP contribution is -2.45. The van der Waals surface area contributed by atoms with E-state index < -0.39 is 0 Å². The molecule has 2 aliphatic heterocycles. The van der Waals surface area contributed by atoms with E-state index in [2.05, 4.69) is 22.6 Å². The average molecular weight is 357 g/mol. The van der Waals surface area contributed by atoms with Gasteiger partial charge >= 0.3 is 0 Å². The zero-order chi connectivity index (χ0) is 12.7. The van der Waals surface area contributed by atoms with Crippen LogP contribution in [-0.4, -0.2) is 39.9 Å². The fraction of sp³-hybridized carbons (Fsp3) is 0.385. The lowest BCUT2D eigenvalue weighted by atomic mass is 10.1. The Hall–Kier alpha value is -0.950. The number of amides is 2. The van der Waals surface area contributed by atoms with Gasteiger partial charge in [-0.2, -0.15) is 0 Å². The molecule has 18 heavy (non-hydrogen) atoms. The van der Waals surface area contributed by atoms with Crippen molar-refractivity contribution in [2.24, 2.45) is 0 Å². The van der Waals surface area contributed by atoms with Crippen LogP contribution in [0.15, 0.2) is 24.3 Å². The van der Waals surface area contributed by atoms with Crippen LogP contribution in [0.25, 0.3) is 0 Å². The van der Waals surface area contributed by atoms with Gasteiger partial charge in [0, 0.05) is 11.0 Å². The van der Waals surface area contributed by atoms with E-state index in [1.165, 1.54) is 4.90 Å². The maximum Gasteiger partial charge on any atom is 0.261 e. The van der Waals surface area contributed by atoms with Gasteiger partial charge in [0.1, 0.15) is 0 Å². The van der Waals surface area contributed by atoms with E-state index in [4.69, 9.17) is 4.74 Å². The number of carbonyl (C=O) groups is 2. The second kappa shape index (κ2) is 4.62. The Morgan fingerprint density at radius 1 is 1.22 bits per heavy atom. The van der Waals surface area contributed by atoms with Crippen molar-refractivity contribution in [3.8, 4) is 0 Å². The van der Waals surface area contributed by atoms with Crippen molar-refractivity contribution in [2.45, 2.75) is 18.6 Å². The monoisotopic (exact) mass is 357 g/mol. The van der Waals surface area contributed by atoms with Crippen LogP contribution in [0.3, 0.4) is 0 Å². The predicted octanol–water partition coefficient (Wildman–Crippen LogP) is 1.88. The Balaban J connectivity index is 1.97. The number of alkyl halides is 1. The van der Waals surface area contributed by atoms with Gasteiger partial charge in [0.05, 0.1) is 23.3 Å². The van der Waals surface area contributed by atoms with Crippen LogP contribution >= 0.6 is 22.6 Å². The van der Waals surface area contributed by atoms with Crippen LogP contribution in [0.5, 0.6) is 0 Å².